The lowest BCUT2D eigenvalue weighted by molar-refractivity contribution is 0.590. The summed E-state index contributed by atoms with van der Waals surface area (Å²) in [6.07, 6.45) is 0. The van der Waals surface area contributed by atoms with Crippen LogP contribution in [0, 0.1) is 11.3 Å². The zero-order valence-electron chi connectivity index (χ0n) is 24.8. The van der Waals surface area contributed by atoms with E-state index in [2.05, 4.69) is 137 Å². The average molecular weight is 533 g/mol. The highest BCUT2D eigenvalue weighted by Crippen LogP contribution is 2.41. The van der Waals surface area contributed by atoms with Crippen LogP contribution >= 0.6 is 0 Å². The molecule has 2 heteroatoms. The maximum absolute atomic E-state index is 10.7. The van der Waals surface area contributed by atoms with Crippen LogP contribution < -0.4 is 0 Å². The second-order valence-electron chi connectivity index (χ2n) is 13.1. The zero-order valence-corrected chi connectivity index (χ0v) is 24.8. The van der Waals surface area contributed by atoms with E-state index in [0.717, 1.165) is 39.0 Å². The fourth-order valence-electron chi connectivity index (χ4n) is 5.78. The first-order valence-corrected chi connectivity index (χ1v) is 14.3. The molecule has 0 atom stereocenters. The third kappa shape index (κ3) is 4.72. The van der Waals surface area contributed by atoms with E-state index < -0.39 is 0 Å². The molecule has 0 spiro atoms. The van der Waals surface area contributed by atoms with Crippen molar-refractivity contribution in [2.75, 3.05) is 0 Å². The normalized spacial score (nSPS) is 12.1. The average Bonchev–Trinajstić information content (AvgIpc) is 3.29. The minimum Gasteiger partial charge on any atom is -0.308 e. The number of benzene rings is 5. The number of rotatable bonds is 3. The van der Waals surface area contributed by atoms with E-state index in [1.165, 1.54) is 21.9 Å². The van der Waals surface area contributed by atoms with Gasteiger partial charge in [0.25, 0.3) is 0 Å². The monoisotopic (exact) mass is 532 g/mol. The summed E-state index contributed by atoms with van der Waals surface area (Å²) in [6.45, 7) is 13.6. The largest absolute Gasteiger partial charge is 0.308 e. The highest BCUT2D eigenvalue weighted by atomic mass is 15.0. The van der Waals surface area contributed by atoms with Crippen LogP contribution in [0.4, 0.5) is 0 Å². The van der Waals surface area contributed by atoms with Gasteiger partial charge in [0.15, 0.2) is 0 Å². The Kier molecular flexibility index (Phi) is 6.35. The minimum absolute atomic E-state index is 0.0236. The summed E-state index contributed by atoms with van der Waals surface area (Å²) in [4.78, 5) is 0. The van der Waals surface area contributed by atoms with Crippen LogP contribution in [0.25, 0.3) is 49.7 Å². The molecule has 0 radical (unpaired) electrons. The maximum atomic E-state index is 10.7. The Morgan fingerprint density at radius 1 is 0.537 bits per heavy atom. The number of nitrogens with zero attached hydrogens (tertiary/aromatic N) is 2. The smallest absolute Gasteiger partial charge is 0.102 e. The van der Waals surface area contributed by atoms with Gasteiger partial charge in [-0.3, -0.25) is 0 Å². The van der Waals surface area contributed by atoms with Gasteiger partial charge < -0.3 is 4.57 Å². The van der Waals surface area contributed by atoms with E-state index in [1.807, 2.05) is 24.3 Å². The molecule has 1 heterocycles. The molecule has 0 bridgehead atoms. The summed E-state index contributed by atoms with van der Waals surface area (Å²) < 4.78 is 2.31. The summed E-state index contributed by atoms with van der Waals surface area (Å²) >= 11 is 0. The molecule has 41 heavy (non-hydrogen) atoms. The van der Waals surface area contributed by atoms with E-state index in [-0.39, 0.29) is 10.8 Å². The van der Waals surface area contributed by atoms with Gasteiger partial charge in [-0.25, -0.2) is 0 Å². The van der Waals surface area contributed by atoms with Crippen LogP contribution in [0.2, 0.25) is 0 Å². The second kappa shape index (κ2) is 9.79. The van der Waals surface area contributed by atoms with Crippen LogP contribution in [0.5, 0.6) is 0 Å². The number of hydrogen-bond donors (Lipinski definition) is 0. The fourth-order valence-corrected chi connectivity index (χ4v) is 5.78. The molecular formula is C39H36N2. The molecule has 0 N–H and O–H groups in total. The van der Waals surface area contributed by atoms with Crippen molar-refractivity contribution in [2.24, 2.45) is 0 Å². The highest BCUT2D eigenvalue weighted by molar-refractivity contribution is 6.10. The molecule has 0 fully saturated rings. The van der Waals surface area contributed by atoms with Gasteiger partial charge in [0.2, 0.25) is 0 Å². The van der Waals surface area contributed by atoms with Crippen molar-refractivity contribution in [3.63, 3.8) is 0 Å². The Morgan fingerprint density at radius 3 is 1.49 bits per heavy atom. The van der Waals surface area contributed by atoms with Crippen LogP contribution in [0.3, 0.4) is 0 Å². The molecule has 6 aromatic rings. The maximum Gasteiger partial charge on any atom is 0.102 e. The van der Waals surface area contributed by atoms with Crippen molar-refractivity contribution in [1.82, 2.24) is 4.57 Å². The van der Waals surface area contributed by atoms with Crippen molar-refractivity contribution in [1.29, 1.82) is 5.26 Å². The van der Waals surface area contributed by atoms with Gasteiger partial charge in [-0.1, -0.05) is 114 Å². The number of fused-ring (bicyclic) bond motifs is 3. The molecule has 0 saturated heterocycles. The third-order valence-corrected chi connectivity index (χ3v) is 8.16. The summed E-state index contributed by atoms with van der Waals surface area (Å²) in [7, 11) is 0. The summed E-state index contributed by atoms with van der Waals surface area (Å²) in [5.74, 6) is 0. The predicted octanol–water partition coefficient (Wildman–Crippen LogP) is 10.6. The molecule has 0 unspecified atom stereocenters. The Labute approximate surface area is 243 Å². The van der Waals surface area contributed by atoms with Crippen molar-refractivity contribution in [3.8, 4) is 34.0 Å². The van der Waals surface area contributed by atoms with E-state index in [0.29, 0.717) is 5.56 Å². The van der Waals surface area contributed by atoms with Gasteiger partial charge in [0.1, 0.15) is 6.07 Å². The molecule has 0 amide bonds. The lowest BCUT2D eigenvalue weighted by atomic mass is 9.85. The number of hydrogen-bond acceptors (Lipinski definition) is 1. The van der Waals surface area contributed by atoms with Crippen molar-refractivity contribution in [3.05, 3.63) is 126 Å². The number of nitriles is 1. The SMILES string of the molecule is CC(C)(C)c1ccc2c(c1)c1cc(C(C)(C)C)ccc1n2-c1cc(-c2ccccc2)cc(-c2ccccc2)c1C#N. The van der Waals surface area contributed by atoms with Gasteiger partial charge in [0.05, 0.1) is 22.3 Å². The predicted molar refractivity (Wildman–Crippen MR) is 174 cm³/mol. The van der Waals surface area contributed by atoms with Gasteiger partial charge in [-0.05, 0) is 75.0 Å². The molecule has 0 aliphatic carbocycles. The number of aromatic nitrogens is 1. The Bertz CT molecular complexity index is 1870. The molecular weight excluding hydrogens is 496 g/mol. The van der Waals surface area contributed by atoms with Gasteiger partial charge >= 0.3 is 0 Å². The Morgan fingerprint density at radius 2 is 1.02 bits per heavy atom. The Balaban J connectivity index is 1.76. The molecule has 0 aliphatic heterocycles. The molecule has 202 valence electrons. The molecule has 2 nitrogen and oxygen atoms in total. The zero-order chi connectivity index (χ0) is 28.9. The first kappa shape index (κ1) is 26.6. The summed E-state index contributed by atoms with van der Waals surface area (Å²) in [5.41, 5.74) is 10.6. The molecule has 5 aromatic carbocycles. The van der Waals surface area contributed by atoms with Crippen molar-refractivity contribution >= 4 is 21.8 Å². The third-order valence-electron chi connectivity index (χ3n) is 8.16. The standard InChI is InChI=1S/C39H36N2/c1-38(2,3)29-17-19-35-32(23-29)33-24-30(39(4,5)6)18-20-36(33)41(35)37-22-28(26-13-9-7-10-14-26)21-31(34(37)25-40)27-15-11-8-12-16-27/h7-24H,1-6H3. The van der Waals surface area contributed by atoms with Gasteiger partial charge in [-0.15, -0.1) is 0 Å². The van der Waals surface area contributed by atoms with Gasteiger partial charge in [0, 0.05) is 16.3 Å². The topological polar surface area (TPSA) is 28.7 Å². The van der Waals surface area contributed by atoms with E-state index in [1.54, 1.807) is 0 Å². The van der Waals surface area contributed by atoms with Crippen LogP contribution in [-0.2, 0) is 10.8 Å². The Hall–Kier alpha value is -4.61. The first-order valence-electron chi connectivity index (χ1n) is 14.3. The molecule has 0 aliphatic rings. The molecule has 6 rings (SSSR count). The summed E-state index contributed by atoms with van der Waals surface area (Å²) in [6, 6.07) is 41.4. The minimum atomic E-state index is 0.0236. The van der Waals surface area contributed by atoms with Crippen molar-refractivity contribution in [2.45, 2.75) is 52.4 Å². The van der Waals surface area contributed by atoms with E-state index >= 15 is 0 Å². The molecule has 0 saturated carbocycles. The van der Waals surface area contributed by atoms with Crippen LogP contribution in [-0.4, -0.2) is 4.57 Å². The highest BCUT2D eigenvalue weighted by Gasteiger charge is 2.23. The molecule has 1 aromatic heterocycles. The lowest BCUT2D eigenvalue weighted by Crippen LogP contribution is -2.10. The van der Waals surface area contributed by atoms with E-state index in [9.17, 15) is 5.26 Å². The first-order chi connectivity index (χ1) is 19.6. The fraction of sp³-hybridized carbons (Fsp3) is 0.205. The van der Waals surface area contributed by atoms with Gasteiger partial charge in [-0.2, -0.15) is 5.26 Å². The second-order valence-corrected chi connectivity index (χ2v) is 13.1. The van der Waals surface area contributed by atoms with Crippen LogP contribution in [0.1, 0.15) is 58.2 Å². The lowest BCUT2D eigenvalue weighted by Gasteiger charge is -2.19. The quantitative estimate of drug-likeness (QED) is 0.223. The van der Waals surface area contributed by atoms with Crippen molar-refractivity contribution < 1.29 is 0 Å². The summed E-state index contributed by atoms with van der Waals surface area (Å²) in [5, 5.41) is 13.1. The van der Waals surface area contributed by atoms with E-state index in [4.69, 9.17) is 0 Å². The van der Waals surface area contributed by atoms with Crippen LogP contribution in [0.15, 0.2) is 109 Å².